The molecule has 77 heavy (non-hydrogen) atoms. The van der Waals surface area contributed by atoms with E-state index in [1.54, 1.807) is 72.0 Å². The van der Waals surface area contributed by atoms with Gasteiger partial charge in [-0.05, 0) is 105 Å². The van der Waals surface area contributed by atoms with Gasteiger partial charge in [-0.25, -0.2) is 19.6 Å². The predicted octanol–water partition coefficient (Wildman–Crippen LogP) is 10.7. The van der Waals surface area contributed by atoms with Gasteiger partial charge in [-0.1, -0.05) is 91.8 Å². The minimum atomic E-state index is -2.32. The average molecular weight is 1080 g/mol. The summed E-state index contributed by atoms with van der Waals surface area (Å²) in [6.07, 6.45) is 1.26. The van der Waals surface area contributed by atoms with E-state index in [9.17, 15) is 19.2 Å². The fourth-order valence-corrected chi connectivity index (χ4v) is 9.75. The van der Waals surface area contributed by atoms with Gasteiger partial charge >= 0.3 is 12.1 Å². The Kier molecular flexibility index (Phi) is 20.6. The van der Waals surface area contributed by atoms with Crippen molar-refractivity contribution in [2.75, 3.05) is 40.5 Å². The third-order valence-electron chi connectivity index (χ3n) is 14.2. The Bertz CT molecular complexity index is 2760. The Balaban J connectivity index is 1.61. The van der Waals surface area contributed by atoms with Crippen LogP contribution in [0.15, 0.2) is 66.9 Å². The molecule has 3 aromatic carbocycles. The number of nitrogens with one attached hydrogen (secondary N) is 2. The summed E-state index contributed by atoms with van der Waals surface area (Å²) in [5.41, 5.74) is 4.07. The van der Waals surface area contributed by atoms with E-state index in [1.807, 2.05) is 37.3 Å². The summed E-state index contributed by atoms with van der Waals surface area (Å²) in [7, 11) is 0.459. The second-order valence-corrected chi connectivity index (χ2v) is 28.5. The molecule has 1 aliphatic heterocycles. The number of rotatable bonds is 18. The van der Waals surface area contributed by atoms with Gasteiger partial charge in [-0.15, -0.1) is 0 Å². The Morgan fingerprint density at radius 1 is 0.857 bits per heavy atom. The number of carbonyl (C=O) groups is 6. The van der Waals surface area contributed by atoms with E-state index < -0.39 is 67.5 Å². The highest BCUT2D eigenvalue weighted by Gasteiger charge is 2.40. The molecule has 2 N–H and O–H groups in total. The molecule has 0 saturated heterocycles. The molecular weight excluding hydrogens is 995 g/mol. The van der Waals surface area contributed by atoms with E-state index in [0.29, 0.717) is 58.3 Å². The molecule has 17 heteroatoms. The van der Waals surface area contributed by atoms with Gasteiger partial charge in [-0.3, -0.25) is 19.2 Å². The highest BCUT2D eigenvalue weighted by Crippen LogP contribution is 2.42. The van der Waals surface area contributed by atoms with E-state index in [-0.39, 0.29) is 67.2 Å². The van der Waals surface area contributed by atoms with Crippen LogP contribution in [0.1, 0.15) is 141 Å². The number of fused-ring (bicyclic) bond motifs is 5. The zero-order chi connectivity index (χ0) is 57.2. The summed E-state index contributed by atoms with van der Waals surface area (Å²) in [5.74, 6) is -3.10. The summed E-state index contributed by atoms with van der Waals surface area (Å²) in [4.78, 5) is 95.6. The zero-order valence-corrected chi connectivity index (χ0v) is 49.4. The van der Waals surface area contributed by atoms with E-state index in [2.05, 4.69) is 70.3 Å². The number of methoxy groups -OCH3 is 1. The average Bonchev–Trinajstić information content (AvgIpc) is 3.34. The molecule has 0 fully saturated rings. The number of ketones is 2. The first-order chi connectivity index (χ1) is 35.9. The molecule has 0 saturated carbocycles. The minimum absolute atomic E-state index is 0.0357. The third kappa shape index (κ3) is 16.5. The van der Waals surface area contributed by atoms with Gasteiger partial charge in [0, 0.05) is 67.6 Å². The fraction of sp³-hybridized carbons (Fsp3) is 0.533. The molecule has 0 aliphatic carbocycles. The quantitative estimate of drug-likeness (QED) is 0.0413. The first-order valence-electron chi connectivity index (χ1n) is 26.7. The molecule has 1 aromatic heterocycles. The van der Waals surface area contributed by atoms with Gasteiger partial charge in [-0.2, -0.15) is 0 Å². The van der Waals surface area contributed by atoms with Gasteiger partial charge < -0.3 is 38.9 Å². The summed E-state index contributed by atoms with van der Waals surface area (Å²) in [6, 6.07) is 16.2. The Hall–Kier alpha value is -6.46. The summed E-state index contributed by atoms with van der Waals surface area (Å²) in [5, 5.41) is 5.39. The van der Waals surface area contributed by atoms with Crippen molar-refractivity contribution in [3.63, 3.8) is 0 Å². The van der Waals surface area contributed by atoms with Gasteiger partial charge in [0.15, 0.2) is 25.7 Å². The van der Waals surface area contributed by atoms with Crippen LogP contribution in [-0.2, 0) is 44.9 Å². The molecule has 0 spiro atoms. The Labute approximate surface area is 457 Å². The number of alkyl carbamates (subject to hydrolysis) is 1. The monoisotopic (exact) mass is 1080 g/mol. The fourth-order valence-electron chi connectivity index (χ4n) is 8.69. The maximum absolute atomic E-state index is 15.4. The Morgan fingerprint density at radius 2 is 1.49 bits per heavy atom. The lowest BCUT2D eigenvalue weighted by molar-refractivity contribution is -0.146. The van der Waals surface area contributed by atoms with Crippen molar-refractivity contribution in [3.05, 3.63) is 94.8 Å². The maximum Gasteiger partial charge on any atom is 0.407 e. The number of nitrogens with zero attached hydrogens (tertiary/aromatic N) is 3. The third-order valence-corrected chi connectivity index (χ3v) is 18.7. The van der Waals surface area contributed by atoms with Gasteiger partial charge in [0.05, 0.1) is 31.5 Å². The minimum Gasteiger partial charge on any atom is -0.493 e. The zero-order valence-electron chi connectivity index (χ0n) is 48.4. The predicted molar refractivity (Wildman–Crippen MR) is 300 cm³/mol. The summed E-state index contributed by atoms with van der Waals surface area (Å²) >= 11 is 0. The molecular formula is C60H83N5O11Si. The molecule has 418 valence electrons. The summed E-state index contributed by atoms with van der Waals surface area (Å²) in [6.45, 7) is 28.4. The molecule has 4 aromatic rings. The van der Waals surface area contributed by atoms with Crippen LogP contribution in [0, 0.1) is 18.8 Å². The van der Waals surface area contributed by atoms with Crippen LogP contribution in [0.4, 0.5) is 4.79 Å². The van der Waals surface area contributed by atoms with Gasteiger partial charge in [0.2, 0.25) is 11.8 Å². The molecule has 0 unspecified atom stereocenters. The van der Waals surface area contributed by atoms with E-state index in [0.717, 1.165) is 11.1 Å². The lowest BCUT2D eigenvalue weighted by Gasteiger charge is -2.37. The number of hydrogen-bond acceptors (Lipinski definition) is 13. The van der Waals surface area contributed by atoms with Crippen molar-refractivity contribution < 1.29 is 52.1 Å². The SMILES string of the molecule is CCCOc1ccc2cc1-c1cc(ccc1OCCNC(=O)OC(C)(C)C)C[C@@H](C(=O)OC)NC(=O)[C@H](C)CC(=O)[C@H]2N(C)C(=O)[C@H](CCO[Si](C)(C)C(C)(C)C)CC(=O)c1cnc(-c2ccc(C(C)(C)C)cc2)nc1C. The lowest BCUT2D eigenvalue weighted by atomic mass is 9.86. The molecule has 3 amide bonds. The highest BCUT2D eigenvalue weighted by atomic mass is 28.4. The van der Waals surface area contributed by atoms with Crippen LogP contribution >= 0.6 is 0 Å². The topological polar surface area (TPSA) is 202 Å². The number of aromatic nitrogens is 2. The normalized spacial score (nSPS) is 16.8. The van der Waals surface area contributed by atoms with Crippen LogP contribution < -0.4 is 20.1 Å². The summed E-state index contributed by atoms with van der Waals surface area (Å²) < 4.78 is 29.9. The second-order valence-electron chi connectivity index (χ2n) is 23.7. The van der Waals surface area contributed by atoms with Crippen LogP contribution in [0.2, 0.25) is 18.1 Å². The van der Waals surface area contributed by atoms with E-state index >= 15 is 9.59 Å². The van der Waals surface area contributed by atoms with Crippen molar-refractivity contribution >= 4 is 43.8 Å². The number of hydrogen-bond donors (Lipinski definition) is 2. The molecule has 5 rings (SSSR count). The largest absolute Gasteiger partial charge is 0.493 e. The maximum atomic E-state index is 15.4. The number of likely N-dealkylation sites (N-methyl/N-ethyl adjacent to an activating group) is 1. The number of ether oxygens (including phenoxy) is 4. The van der Waals surface area contributed by atoms with Crippen molar-refractivity contribution in [1.82, 2.24) is 25.5 Å². The standard InChI is InChI=1S/C60H83N5O11Si/c1-17-28-73-51-25-21-41-34-45(51)44-32-39(18-24-50(44)74-30-27-61-57(71)76-59(7,8)9)33-47(56(70)72-14)64-54(68)37(2)31-49(67)52(41)65(13)55(69)42(26-29-75-77(15,16)60(10,11)12)35-48(66)46-36-62-53(63-38(46)3)40-19-22-43(23-20-40)58(4,5)6/h18-25,32,34,36-37,42,47,52H,17,26-31,33,35H2,1-16H3,(H,61,71)(H,64,68)/t37-,42-,47+,52+/m1/s1. The number of Topliss-reactive ketones (excluding diaryl/α,β-unsaturated/α-hetero) is 2. The lowest BCUT2D eigenvalue weighted by Crippen LogP contribution is -2.46. The van der Waals surface area contributed by atoms with Crippen LogP contribution in [0.3, 0.4) is 0 Å². The van der Waals surface area contributed by atoms with Crippen molar-refractivity contribution in [2.24, 2.45) is 11.8 Å². The molecule has 1 aliphatic rings. The molecule has 4 atom stereocenters. The molecule has 16 nitrogen and oxygen atoms in total. The van der Waals surface area contributed by atoms with E-state index in [4.69, 9.17) is 28.4 Å². The number of esters is 1. The van der Waals surface area contributed by atoms with Crippen molar-refractivity contribution in [1.29, 1.82) is 0 Å². The molecule has 0 radical (unpaired) electrons. The molecule has 2 heterocycles. The first kappa shape index (κ1) is 61.4. The van der Waals surface area contributed by atoms with E-state index in [1.165, 1.54) is 18.2 Å². The highest BCUT2D eigenvalue weighted by molar-refractivity contribution is 6.74. The van der Waals surface area contributed by atoms with Gasteiger partial charge in [0.25, 0.3) is 0 Å². The number of benzene rings is 3. The Morgan fingerprint density at radius 3 is 2.09 bits per heavy atom. The number of aryl methyl sites for hydroxylation is 1. The number of carbonyl (C=O) groups excluding carboxylic acids is 6. The number of amides is 3. The van der Waals surface area contributed by atoms with Crippen LogP contribution in [-0.4, -0.2) is 111 Å². The van der Waals surface area contributed by atoms with Gasteiger partial charge in [0.1, 0.15) is 35.8 Å². The molecule has 4 bridgehead atoms. The van der Waals surface area contributed by atoms with Crippen LogP contribution in [0.5, 0.6) is 11.5 Å². The smallest absolute Gasteiger partial charge is 0.407 e. The van der Waals surface area contributed by atoms with Crippen molar-refractivity contribution in [2.45, 2.75) is 156 Å². The second kappa shape index (κ2) is 25.8. The first-order valence-corrected chi connectivity index (χ1v) is 29.6. The van der Waals surface area contributed by atoms with Crippen LogP contribution in [0.25, 0.3) is 22.5 Å². The van der Waals surface area contributed by atoms with Crippen molar-refractivity contribution in [3.8, 4) is 34.0 Å².